The molecule has 0 aliphatic rings. The van der Waals surface area contributed by atoms with Gasteiger partial charge in [0.25, 0.3) is 0 Å². The molecule has 0 aliphatic carbocycles. The Labute approximate surface area is 124 Å². The third-order valence-electron chi connectivity index (χ3n) is 2.76. The Morgan fingerprint density at radius 2 is 1.89 bits per heavy atom. The van der Waals surface area contributed by atoms with Crippen LogP contribution < -0.4 is 4.74 Å². The van der Waals surface area contributed by atoms with E-state index >= 15 is 0 Å². The minimum absolute atomic E-state index is 0.0189. The van der Waals surface area contributed by atoms with Crippen molar-refractivity contribution >= 4 is 28.4 Å². The Bertz CT molecular complexity index is 594. The minimum atomic E-state index is -0.328. The number of halogens is 2. The molecule has 0 fully saturated rings. The Morgan fingerprint density at radius 3 is 2.47 bits per heavy atom. The van der Waals surface area contributed by atoms with Crippen LogP contribution in [0.1, 0.15) is 15.9 Å². The van der Waals surface area contributed by atoms with Crippen molar-refractivity contribution in [2.45, 2.75) is 6.42 Å². The summed E-state index contributed by atoms with van der Waals surface area (Å²) in [6.45, 7) is 0. The molecule has 0 aliphatic heterocycles. The number of methoxy groups -OCH3 is 1. The molecule has 98 valence electrons. The van der Waals surface area contributed by atoms with E-state index in [9.17, 15) is 9.18 Å². The first-order valence-electron chi connectivity index (χ1n) is 5.71. The number of hydrogen-bond acceptors (Lipinski definition) is 2. The third-order valence-corrected chi connectivity index (χ3v) is 3.65. The lowest BCUT2D eigenvalue weighted by atomic mass is 10.0. The molecule has 0 aromatic heterocycles. The summed E-state index contributed by atoms with van der Waals surface area (Å²) in [6, 6.07) is 11.5. The number of ether oxygens (including phenoxy) is 1. The lowest BCUT2D eigenvalue weighted by Crippen LogP contribution is -2.06. The summed E-state index contributed by atoms with van der Waals surface area (Å²) in [4.78, 5) is 12.1. The normalized spacial score (nSPS) is 10.3. The zero-order valence-electron chi connectivity index (χ0n) is 10.3. The minimum Gasteiger partial charge on any atom is -0.497 e. The topological polar surface area (TPSA) is 26.3 Å². The van der Waals surface area contributed by atoms with Gasteiger partial charge < -0.3 is 4.74 Å². The second-order valence-corrected chi connectivity index (χ2v) is 5.23. The van der Waals surface area contributed by atoms with Gasteiger partial charge in [0.15, 0.2) is 5.78 Å². The van der Waals surface area contributed by atoms with Gasteiger partial charge in [-0.15, -0.1) is 0 Å². The van der Waals surface area contributed by atoms with Crippen molar-refractivity contribution in [1.29, 1.82) is 0 Å². The van der Waals surface area contributed by atoms with Gasteiger partial charge in [-0.05, 0) is 58.5 Å². The van der Waals surface area contributed by atoms with Gasteiger partial charge in [-0.1, -0.05) is 12.1 Å². The molecule has 2 aromatic rings. The average Bonchev–Trinajstić information content (AvgIpc) is 2.39. The summed E-state index contributed by atoms with van der Waals surface area (Å²) in [5, 5.41) is 0. The van der Waals surface area contributed by atoms with Crippen molar-refractivity contribution < 1.29 is 13.9 Å². The highest BCUT2D eigenvalue weighted by molar-refractivity contribution is 14.1. The molecule has 0 heterocycles. The predicted octanol–water partition coefficient (Wildman–Crippen LogP) is 3.86. The van der Waals surface area contributed by atoms with Gasteiger partial charge in [0, 0.05) is 15.6 Å². The van der Waals surface area contributed by atoms with Crippen molar-refractivity contribution in [3.05, 3.63) is 63.0 Å². The van der Waals surface area contributed by atoms with Crippen LogP contribution in [-0.2, 0) is 6.42 Å². The van der Waals surface area contributed by atoms with E-state index in [1.165, 1.54) is 18.2 Å². The zero-order chi connectivity index (χ0) is 13.8. The molecule has 4 heteroatoms. The second kappa shape index (κ2) is 6.14. The van der Waals surface area contributed by atoms with Gasteiger partial charge in [0.1, 0.15) is 11.6 Å². The predicted molar refractivity (Wildman–Crippen MR) is 80.1 cm³/mol. The molecule has 0 atom stereocenters. The highest BCUT2D eigenvalue weighted by Crippen LogP contribution is 2.18. The van der Waals surface area contributed by atoms with Gasteiger partial charge in [-0.25, -0.2) is 4.39 Å². The third kappa shape index (κ3) is 3.53. The number of carbonyl (C=O) groups is 1. The molecule has 0 amide bonds. The molecule has 0 saturated heterocycles. The van der Waals surface area contributed by atoms with E-state index in [-0.39, 0.29) is 11.6 Å². The van der Waals surface area contributed by atoms with E-state index < -0.39 is 0 Å². The molecular formula is C15H12FIO2. The molecule has 0 radical (unpaired) electrons. The summed E-state index contributed by atoms with van der Waals surface area (Å²) in [7, 11) is 1.60. The number of rotatable bonds is 4. The Kier molecular flexibility index (Phi) is 4.52. The maximum Gasteiger partial charge on any atom is 0.168 e. The lowest BCUT2D eigenvalue weighted by Gasteiger charge is -2.05. The van der Waals surface area contributed by atoms with Crippen LogP contribution in [0.25, 0.3) is 0 Å². The van der Waals surface area contributed by atoms with E-state index in [1.54, 1.807) is 7.11 Å². The van der Waals surface area contributed by atoms with E-state index in [1.807, 2.05) is 46.9 Å². The molecule has 19 heavy (non-hydrogen) atoms. The van der Waals surface area contributed by atoms with Crippen LogP contribution in [0.2, 0.25) is 0 Å². The molecule has 0 bridgehead atoms. The molecule has 0 saturated carbocycles. The Hall–Kier alpha value is -1.43. The van der Waals surface area contributed by atoms with Crippen LogP contribution in [0.5, 0.6) is 5.75 Å². The zero-order valence-corrected chi connectivity index (χ0v) is 12.5. The quantitative estimate of drug-likeness (QED) is 0.604. The maximum absolute atomic E-state index is 13.0. The Balaban J connectivity index is 2.15. The molecule has 2 nitrogen and oxygen atoms in total. The smallest absolute Gasteiger partial charge is 0.168 e. The highest BCUT2D eigenvalue weighted by Gasteiger charge is 2.11. The summed E-state index contributed by atoms with van der Waals surface area (Å²) in [5.41, 5.74) is 1.46. The van der Waals surface area contributed by atoms with Crippen LogP contribution in [-0.4, -0.2) is 12.9 Å². The van der Waals surface area contributed by atoms with Crippen molar-refractivity contribution in [2.24, 2.45) is 0 Å². The number of carbonyl (C=O) groups excluding carboxylic acids is 1. The van der Waals surface area contributed by atoms with Crippen molar-refractivity contribution in [2.75, 3.05) is 7.11 Å². The molecule has 0 unspecified atom stereocenters. The van der Waals surface area contributed by atoms with Crippen LogP contribution in [0.15, 0.2) is 42.5 Å². The highest BCUT2D eigenvalue weighted by atomic mass is 127. The monoisotopic (exact) mass is 370 g/mol. The van der Waals surface area contributed by atoms with E-state index in [4.69, 9.17) is 4.74 Å². The van der Waals surface area contributed by atoms with Crippen LogP contribution in [0.3, 0.4) is 0 Å². The van der Waals surface area contributed by atoms with Gasteiger partial charge in [0.05, 0.1) is 7.11 Å². The van der Waals surface area contributed by atoms with Crippen molar-refractivity contribution in [3.8, 4) is 5.75 Å². The van der Waals surface area contributed by atoms with Gasteiger partial charge in [0.2, 0.25) is 0 Å². The van der Waals surface area contributed by atoms with Gasteiger partial charge in [-0.3, -0.25) is 4.79 Å². The number of Topliss-reactive ketones (excluding diaryl/α,β-unsaturated/α-hetero) is 1. The van der Waals surface area contributed by atoms with Gasteiger partial charge >= 0.3 is 0 Å². The van der Waals surface area contributed by atoms with Crippen LogP contribution in [0, 0.1) is 9.39 Å². The molecule has 0 N–H and O–H groups in total. The van der Waals surface area contributed by atoms with Crippen LogP contribution >= 0.6 is 22.6 Å². The van der Waals surface area contributed by atoms with E-state index in [0.717, 1.165) is 11.3 Å². The molecule has 2 aromatic carbocycles. The molecular weight excluding hydrogens is 358 g/mol. The first-order valence-corrected chi connectivity index (χ1v) is 6.79. The Morgan fingerprint density at radius 1 is 1.21 bits per heavy atom. The summed E-state index contributed by atoms with van der Waals surface area (Å²) < 4.78 is 18.7. The van der Waals surface area contributed by atoms with Gasteiger partial charge in [-0.2, -0.15) is 0 Å². The second-order valence-electron chi connectivity index (χ2n) is 4.07. The fourth-order valence-electron chi connectivity index (χ4n) is 1.74. The fraction of sp³-hybridized carbons (Fsp3) is 0.133. The summed E-state index contributed by atoms with van der Waals surface area (Å²) in [6.07, 6.45) is 0.297. The van der Waals surface area contributed by atoms with Crippen molar-refractivity contribution in [3.63, 3.8) is 0 Å². The first-order chi connectivity index (χ1) is 9.10. The van der Waals surface area contributed by atoms with E-state index in [2.05, 4.69) is 0 Å². The van der Waals surface area contributed by atoms with E-state index in [0.29, 0.717) is 15.6 Å². The number of hydrogen-bond donors (Lipinski definition) is 0. The molecule has 2 rings (SSSR count). The largest absolute Gasteiger partial charge is 0.497 e. The summed E-state index contributed by atoms with van der Waals surface area (Å²) in [5.74, 6) is 0.410. The average molecular weight is 370 g/mol. The SMILES string of the molecule is COc1ccc(CC(=O)c2ccc(F)cc2I)cc1. The van der Waals surface area contributed by atoms with Crippen LogP contribution in [0.4, 0.5) is 4.39 Å². The fourth-order valence-corrected chi connectivity index (χ4v) is 2.52. The number of ketones is 1. The lowest BCUT2D eigenvalue weighted by molar-refractivity contribution is 0.0992. The first kappa shape index (κ1) is 14.0. The number of benzene rings is 2. The molecule has 0 spiro atoms. The maximum atomic E-state index is 13.0. The van der Waals surface area contributed by atoms with Crippen molar-refractivity contribution in [1.82, 2.24) is 0 Å². The summed E-state index contributed by atoms with van der Waals surface area (Å²) >= 11 is 1.97. The standard InChI is InChI=1S/C15H12FIO2/c1-19-12-5-2-10(3-6-12)8-15(18)13-7-4-11(16)9-14(13)17/h2-7,9H,8H2,1H3.